The number of aromatic carboxylic acids is 1. The average Bonchev–Trinajstić information content (AvgIpc) is 2.74. The van der Waals surface area contributed by atoms with E-state index in [-0.39, 0.29) is 17.4 Å². The number of aliphatic hydroxyl groups excluding tert-OH is 1. The molecule has 0 saturated heterocycles. The number of rotatable bonds is 6. The Morgan fingerprint density at radius 1 is 1.33 bits per heavy atom. The smallest absolute Gasteiger partial charge is 0.371 e. The first-order valence-corrected chi connectivity index (χ1v) is 5.69. The summed E-state index contributed by atoms with van der Waals surface area (Å²) in [7, 11) is 0. The Hall–Kier alpha value is -1.82. The largest absolute Gasteiger partial charge is 0.475 e. The number of aliphatic hydroxyl groups is 1. The minimum Gasteiger partial charge on any atom is -0.475 e. The molecule has 1 rings (SSSR count). The summed E-state index contributed by atoms with van der Waals surface area (Å²) in [5.74, 6) is -1.84. The van der Waals surface area contributed by atoms with Gasteiger partial charge in [0.2, 0.25) is 5.76 Å². The van der Waals surface area contributed by atoms with Gasteiger partial charge in [-0.1, -0.05) is 6.92 Å². The zero-order valence-corrected chi connectivity index (χ0v) is 10.3. The van der Waals surface area contributed by atoms with Gasteiger partial charge in [-0.3, -0.25) is 4.79 Å². The zero-order chi connectivity index (χ0) is 13.7. The van der Waals surface area contributed by atoms with Crippen molar-refractivity contribution in [1.29, 1.82) is 0 Å². The molecule has 1 aromatic rings. The van der Waals surface area contributed by atoms with Crippen LogP contribution in [0.5, 0.6) is 0 Å². The summed E-state index contributed by atoms with van der Waals surface area (Å²) < 4.78 is 4.86. The topological polar surface area (TPSA) is 99.8 Å². The molecule has 0 saturated carbocycles. The third-order valence-corrected chi connectivity index (χ3v) is 2.40. The fraction of sp³-hybridized carbons (Fsp3) is 0.500. The van der Waals surface area contributed by atoms with Crippen LogP contribution in [0.3, 0.4) is 0 Å². The molecule has 2 unspecified atom stereocenters. The van der Waals surface area contributed by atoms with E-state index >= 15 is 0 Å². The van der Waals surface area contributed by atoms with Gasteiger partial charge in [0.05, 0.1) is 6.10 Å². The molecular formula is C12H17NO5. The van der Waals surface area contributed by atoms with Crippen molar-refractivity contribution in [3.05, 3.63) is 23.7 Å². The van der Waals surface area contributed by atoms with E-state index in [1.807, 2.05) is 6.92 Å². The van der Waals surface area contributed by atoms with Gasteiger partial charge in [0.1, 0.15) is 0 Å². The van der Waals surface area contributed by atoms with Crippen molar-refractivity contribution in [2.45, 2.75) is 26.4 Å². The summed E-state index contributed by atoms with van der Waals surface area (Å²) in [4.78, 5) is 22.2. The van der Waals surface area contributed by atoms with Crippen LogP contribution in [-0.4, -0.2) is 34.7 Å². The Kier molecular flexibility index (Phi) is 4.91. The van der Waals surface area contributed by atoms with Crippen molar-refractivity contribution >= 4 is 11.9 Å². The van der Waals surface area contributed by atoms with Crippen LogP contribution in [-0.2, 0) is 0 Å². The lowest BCUT2D eigenvalue weighted by Crippen LogP contribution is -2.29. The molecule has 18 heavy (non-hydrogen) atoms. The van der Waals surface area contributed by atoms with Crippen molar-refractivity contribution in [1.82, 2.24) is 5.32 Å². The highest BCUT2D eigenvalue weighted by Gasteiger charge is 2.15. The highest BCUT2D eigenvalue weighted by Crippen LogP contribution is 2.09. The minimum atomic E-state index is -1.21. The maximum atomic E-state index is 11.6. The van der Waals surface area contributed by atoms with E-state index in [4.69, 9.17) is 9.52 Å². The summed E-state index contributed by atoms with van der Waals surface area (Å²) in [6.07, 6.45) is 0.165. The maximum Gasteiger partial charge on any atom is 0.371 e. The molecule has 0 aromatic carbocycles. The number of carboxylic acids is 1. The highest BCUT2D eigenvalue weighted by atomic mass is 16.4. The van der Waals surface area contributed by atoms with E-state index in [2.05, 4.69) is 5.32 Å². The Morgan fingerprint density at radius 2 is 1.94 bits per heavy atom. The van der Waals surface area contributed by atoms with Gasteiger partial charge in [-0.15, -0.1) is 0 Å². The molecule has 1 heterocycles. The molecule has 3 N–H and O–H groups in total. The first kappa shape index (κ1) is 14.2. The van der Waals surface area contributed by atoms with Gasteiger partial charge in [0.15, 0.2) is 5.76 Å². The highest BCUT2D eigenvalue weighted by molar-refractivity contribution is 5.93. The van der Waals surface area contributed by atoms with Crippen LogP contribution in [0, 0.1) is 5.92 Å². The molecule has 0 aliphatic heterocycles. The SMILES string of the molecule is CC(O)CC(C)CNC(=O)c1ccc(C(=O)O)o1. The van der Waals surface area contributed by atoms with E-state index in [9.17, 15) is 14.7 Å². The maximum absolute atomic E-state index is 11.6. The second-order valence-electron chi connectivity index (χ2n) is 4.37. The molecule has 2 atom stereocenters. The van der Waals surface area contributed by atoms with Crippen molar-refractivity contribution in [3.63, 3.8) is 0 Å². The van der Waals surface area contributed by atoms with E-state index < -0.39 is 18.0 Å². The Labute approximate surface area is 105 Å². The van der Waals surface area contributed by atoms with E-state index in [0.29, 0.717) is 13.0 Å². The number of hydrogen-bond acceptors (Lipinski definition) is 4. The van der Waals surface area contributed by atoms with Crippen molar-refractivity contribution < 1.29 is 24.2 Å². The van der Waals surface area contributed by atoms with E-state index in [0.717, 1.165) is 0 Å². The van der Waals surface area contributed by atoms with Crippen LogP contribution < -0.4 is 5.32 Å². The number of furan rings is 1. The van der Waals surface area contributed by atoms with Crippen LogP contribution in [0.4, 0.5) is 0 Å². The van der Waals surface area contributed by atoms with Crippen molar-refractivity contribution in [3.8, 4) is 0 Å². The zero-order valence-electron chi connectivity index (χ0n) is 10.3. The first-order chi connectivity index (χ1) is 8.40. The Balaban J connectivity index is 2.47. The molecule has 1 aromatic heterocycles. The molecule has 6 nitrogen and oxygen atoms in total. The molecule has 100 valence electrons. The second-order valence-corrected chi connectivity index (χ2v) is 4.37. The van der Waals surface area contributed by atoms with Crippen molar-refractivity contribution in [2.75, 3.05) is 6.54 Å². The molecule has 0 fully saturated rings. The quantitative estimate of drug-likeness (QED) is 0.707. The number of hydrogen-bond donors (Lipinski definition) is 3. The minimum absolute atomic E-state index is 0.0309. The fourth-order valence-corrected chi connectivity index (χ4v) is 1.59. The number of nitrogens with one attached hydrogen (secondary N) is 1. The van der Waals surface area contributed by atoms with Gasteiger partial charge in [0, 0.05) is 6.54 Å². The van der Waals surface area contributed by atoms with Crippen LogP contribution in [0.1, 0.15) is 41.4 Å². The molecular weight excluding hydrogens is 238 g/mol. The lowest BCUT2D eigenvalue weighted by atomic mass is 10.0. The Bertz CT molecular complexity index is 424. The lowest BCUT2D eigenvalue weighted by Gasteiger charge is -2.13. The van der Waals surface area contributed by atoms with Gasteiger partial charge in [0.25, 0.3) is 5.91 Å². The molecule has 0 radical (unpaired) electrons. The Morgan fingerprint density at radius 3 is 2.44 bits per heavy atom. The van der Waals surface area contributed by atoms with Gasteiger partial charge in [-0.05, 0) is 31.4 Å². The molecule has 1 amide bonds. The molecule has 0 spiro atoms. The normalized spacial score (nSPS) is 13.9. The summed E-state index contributed by atoms with van der Waals surface area (Å²) in [5, 5.41) is 20.4. The number of carbonyl (C=O) groups excluding carboxylic acids is 1. The number of carboxylic acid groups (broad SMARTS) is 1. The third kappa shape index (κ3) is 4.21. The van der Waals surface area contributed by atoms with Gasteiger partial charge < -0.3 is 19.9 Å². The van der Waals surface area contributed by atoms with E-state index in [1.54, 1.807) is 6.92 Å². The lowest BCUT2D eigenvalue weighted by molar-refractivity contribution is 0.0659. The van der Waals surface area contributed by atoms with Gasteiger partial charge >= 0.3 is 5.97 Å². The predicted octanol–water partition coefficient (Wildman–Crippen LogP) is 1.11. The van der Waals surface area contributed by atoms with Crippen LogP contribution >= 0.6 is 0 Å². The van der Waals surface area contributed by atoms with Crippen molar-refractivity contribution in [2.24, 2.45) is 5.92 Å². The third-order valence-electron chi connectivity index (χ3n) is 2.40. The summed E-state index contributed by atoms with van der Waals surface area (Å²) in [6, 6.07) is 2.55. The van der Waals surface area contributed by atoms with Gasteiger partial charge in [-0.2, -0.15) is 0 Å². The average molecular weight is 255 g/mol. The standard InChI is InChI=1S/C12H17NO5/c1-7(5-8(2)14)6-13-11(15)9-3-4-10(18-9)12(16)17/h3-4,7-8,14H,5-6H2,1-2H3,(H,13,15)(H,16,17). The van der Waals surface area contributed by atoms with Crippen LogP contribution in [0.15, 0.2) is 16.5 Å². The summed E-state index contributed by atoms with van der Waals surface area (Å²) >= 11 is 0. The summed E-state index contributed by atoms with van der Waals surface area (Å²) in [5.41, 5.74) is 0. The summed E-state index contributed by atoms with van der Waals surface area (Å²) in [6.45, 7) is 3.98. The molecule has 0 bridgehead atoms. The second kappa shape index (κ2) is 6.20. The van der Waals surface area contributed by atoms with E-state index in [1.165, 1.54) is 12.1 Å². The number of amides is 1. The van der Waals surface area contributed by atoms with Crippen LogP contribution in [0.2, 0.25) is 0 Å². The van der Waals surface area contributed by atoms with Gasteiger partial charge in [-0.25, -0.2) is 4.79 Å². The molecule has 0 aliphatic rings. The first-order valence-electron chi connectivity index (χ1n) is 5.69. The van der Waals surface area contributed by atoms with Crippen LogP contribution in [0.25, 0.3) is 0 Å². The predicted molar refractivity (Wildman–Crippen MR) is 63.5 cm³/mol. The molecule has 6 heteroatoms. The fourth-order valence-electron chi connectivity index (χ4n) is 1.59. The monoisotopic (exact) mass is 255 g/mol. The molecule has 0 aliphatic carbocycles. The number of carbonyl (C=O) groups is 2.